The number of fused-ring (bicyclic) bond motifs is 1. The molecule has 1 N–H and O–H groups in total. The van der Waals surface area contributed by atoms with Crippen LogP contribution in [0.15, 0.2) is 12.3 Å². The zero-order valence-corrected chi connectivity index (χ0v) is 13.1. The van der Waals surface area contributed by atoms with Gasteiger partial charge in [-0.2, -0.15) is 11.8 Å². The third kappa shape index (κ3) is 2.57. The van der Waals surface area contributed by atoms with Gasteiger partial charge in [-0.05, 0) is 13.0 Å². The number of hydrogen-bond acceptors (Lipinski definition) is 5. The van der Waals surface area contributed by atoms with E-state index in [1.165, 1.54) is 5.56 Å². The Balaban J connectivity index is 2.12. The summed E-state index contributed by atoms with van der Waals surface area (Å²) in [7, 11) is 0. The Kier molecular flexibility index (Phi) is 4.01. The first-order valence-electron chi connectivity index (χ1n) is 6.22. The van der Waals surface area contributed by atoms with Crippen molar-refractivity contribution >= 4 is 40.8 Å². The standard InChI is InChI=1S/C13H12Cl2N4S/c1-2-16-12-8-5-20-6-10(8)18-13(19-12)11-9(15)3-7(14)4-17-11/h3-4H,2,5-6H2,1H3,(H,16,18,19). The monoisotopic (exact) mass is 326 g/mol. The molecule has 2 aromatic rings. The quantitative estimate of drug-likeness (QED) is 0.922. The summed E-state index contributed by atoms with van der Waals surface area (Å²) in [4.78, 5) is 13.4. The van der Waals surface area contributed by atoms with Crippen molar-refractivity contribution in [2.45, 2.75) is 18.4 Å². The summed E-state index contributed by atoms with van der Waals surface area (Å²) < 4.78 is 0. The summed E-state index contributed by atoms with van der Waals surface area (Å²) in [5.74, 6) is 3.27. The Labute approximate surface area is 131 Å². The van der Waals surface area contributed by atoms with E-state index in [4.69, 9.17) is 23.2 Å². The number of nitrogens with one attached hydrogen (secondary N) is 1. The van der Waals surface area contributed by atoms with Crippen LogP contribution in [0.3, 0.4) is 0 Å². The van der Waals surface area contributed by atoms with Crippen molar-refractivity contribution in [3.8, 4) is 11.5 Å². The van der Waals surface area contributed by atoms with Gasteiger partial charge < -0.3 is 5.32 Å². The van der Waals surface area contributed by atoms with Crippen molar-refractivity contribution < 1.29 is 0 Å². The van der Waals surface area contributed by atoms with Gasteiger partial charge in [0.05, 0.1) is 15.7 Å². The maximum absolute atomic E-state index is 6.19. The highest BCUT2D eigenvalue weighted by molar-refractivity contribution is 7.98. The largest absolute Gasteiger partial charge is 0.370 e. The fourth-order valence-corrected chi connectivity index (χ4v) is 3.56. The van der Waals surface area contributed by atoms with Crippen LogP contribution in [-0.2, 0) is 11.5 Å². The first kappa shape index (κ1) is 13.9. The van der Waals surface area contributed by atoms with Gasteiger partial charge in [0.1, 0.15) is 11.5 Å². The van der Waals surface area contributed by atoms with Crippen LogP contribution in [0.5, 0.6) is 0 Å². The van der Waals surface area contributed by atoms with E-state index in [-0.39, 0.29) is 0 Å². The van der Waals surface area contributed by atoms with Gasteiger partial charge >= 0.3 is 0 Å². The average Bonchev–Trinajstić information content (AvgIpc) is 2.87. The lowest BCUT2D eigenvalue weighted by Gasteiger charge is -2.10. The predicted molar refractivity (Wildman–Crippen MR) is 84.4 cm³/mol. The molecule has 0 aromatic carbocycles. The molecule has 0 saturated carbocycles. The lowest BCUT2D eigenvalue weighted by atomic mass is 10.2. The number of rotatable bonds is 3. The molecule has 0 amide bonds. The highest BCUT2D eigenvalue weighted by Crippen LogP contribution is 2.35. The zero-order chi connectivity index (χ0) is 14.1. The lowest BCUT2D eigenvalue weighted by molar-refractivity contribution is 1.04. The van der Waals surface area contributed by atoms with Crippen molar-refractivity contribution in [3.63, 3.8) is 0 Å². The second-order valence-corrected chi connectivity index (χ2v) is 6.16. The normalized spacial score (nSPS) is 13.3. The summed E-state index contributed by atoms with van der Waals surface area (Å²) >= 11 is 13.9. The number of halogens is 2. The number of nitrogens with zero attached hydrogens (tertiary/aromatic N) is 3. The van der Waals surface area contributed by atoms with Crippen molar-refractivity contribution in [2.24, 2.45) is 0 Å². The van der Waals surface area contributed by atoms with Gasteiger partial charge in [-0.15, -0.1) is 0 Å². The van der Waals surface area contributed by atoms with E-state index in [0.717, 1.165) is 29.6 Å². The van der Waals surface area contributed by atoms with Gasteiger partial charge in [0, 0.05) is 29.8 Å². The van der Waals surface area contributed by atoms with Crippen LogP contribution in [0.4, 0.5) is 5.82 Å². The molecule has 3 rings (SSSR count). The predicted octanol–water partition coefficient (Wildman–Crippen LogP) is 4.02. The molecule has 0 unspecified atom stereocenters. The van der Waals surface area contributed by atoms with Crippen LogP contribution in [0, 0.1) is 0 Å². The van der Waals surface area contributed by atoms with Gasteiger partial charge in [0.2, 0.25) is 0 Å². The molecule has 0 bridgehead atoms. The highest BCUT2D eigenvalue weighted by Gasteiger charge is 2.21. The van der Waals surface area contributed by atoms with E-state index in [0.29, 0.717) is 21.6 Å². The molecule has 0 saturated heterocycles. The minimum Gasteiger partial charge on any atom is -0.370 e. The first-order chi connectivity index (χ1) is 9.69. The van der Waals surface area contributed by atoms with Gasteiger partial charge in [-0.3, -0.25) is 0 Å². The van der Waals surface area contributed by atoms with E-state index in [9.17, 15) is 0 Å². The van der Waals surface area contributed by atoms with Crippen molar-refractivity contribution in [1.82, 2.24) is 15.0 Å². The van der Waals surface area contributed by atoms with Crippen LogP contribution in [-0.4, -0.2) is 21.5 Å². The molecule has 0 aliphatic carbocycles. The van der Waals surface area contributed by atoms with Crippen LogP contribution in [0.1, 0.15) is 18.2 Å². The van der Waals surface area contributed by atoms with Crippen molar-refractivity contribution in [3.05, 3.63) is 33.6 Å². The van der Waals surface area contributed by atoms with E-state index >= 15 is 0 Å². The number of hydrogen-bond donors (Lipinski definition) is 1. The van der Waals surface area contributed by atoms with E-state index < -0.39 is 0 Å². The number of pyridine rings is 1. The molecule has 1 aliphatic heterocycles. The van der Waals surface area contributed by atoms with Gasteiger partial charge in [0.15, 0.2) is 5.82 Å². The minimum absolute atomic E-state index is 0.463. The Morgan fingerprint density at radius 3 is 2.90 bits per heavy atom. The van der Waals surface area contributed by atoms with Gasteiger partial charge in [-0.25, -0.2) is 15.0 Å². The molecule has 4 nitrogen and oxygen atoms in total. The molecule has 7 heteroatoms. The molecule has 0 spiro atoms. The lowest BCUT2D eigenvalue weighted by Crippen LogP contribution is -2.07. The van der Waals surface area contributed by atoms with Gasteiger partial charge in [-0.1, -0.05) is 23.2 Å². The molecule has 0 atom stereocenters. The van der Waals surface area contributed by atoms with Crippen molar-refractivity contribution in [2.75, 3.05) is 11.9 Å². The van der Waals surface area contributed by atoms with Crippen LogP contribution < -0.4 is 5.32 Å². The molecular weight excluding hydrogens is 315 g/mol. The minimum atomic E-state index is 0.463. The molecular formula is C13H12Cl2N4S. The fraction of sp³-hybridized carbons (Fsp3) is 0.308. The van der Waals surface area contributed by atoms with Gasteiger partial charge in [0.25, 0.3) is 0 Å². The van der Waals surface area contributed by atoms with E-state index in [1.807, 2.05) is 18.7 Å². The van der Waals surface area contributed by atoms with Crippen molar-refractivity contribution in [1.29, 1.82) is 0 Å². The summed E-state index contributed by atoms with van der Waals surface area (Å²) in [5.41, 5.74) is 2.81. The number of aromatic nitrogens is 3. The summed E-state index contributed by atoms with van der Waals surface area (Å²) in [6.45, 7) is 2.86. The molecule has 1 aliphatic rings. The molecule has 0 radical (unpaired) electrons. The summed E-state index contributed by atoms with van der Waals surface area (Å²) in [5, 5.41) is 4.25. The molecule has 3 heterocycles. The summed E-state index contributed by atoms with van der Waals surface area (Å²) in [6, 6.07) is 1.66. The fourth-order valence-electron chi connectivity index (χ4n) is 2.05. The molecule has 104 valence electrons. The second kappa shape index (κ2) is 5.76. The summed E-state index contributed by atoms with van der Waals surface area (Å²) in [6.07, 6.45) is 1.56. The Morgan fingerprint density at radius 1 is 1.30 bits per heavy atom. The van der Waals surface area contributed by atoms with E-state index in [1.54, 1.807) is 12.3 Å². The molecule has 2 aromatic heterocycles. The Morgan fingerprint density at radius 2 is 2.15 bits per heavy atom. The average molecular weight is 327 g/mol. The maximum Gasteiger partial charge on any atom is 0.182 e. The van der Waals surface area contributed by atoms with Crippen LogP contribution >= 0.6 is 35.0 Å². The number of thioether (sulfide) groups is 1. The third-order valence-electron chi connectivity index (χ3n) is 2.94. The third-order valence-corrected chi connectivity index (χ3v) is 4.41. The second-order valence-electron chi connectivity index (χ2n) is 4.33. The number of anilines is 1. The Hall–Kier alpha value is -1.04. The maximum atomic E-state index is 6.19. The topological polar surface area (TPSA) is 50.7 Å². The molecule has 20 heavy (non-hydrogen) atoms. The molecule has 0 fully saturated rings. The SMILES string of the molecule is CCNc1nc(-c2ncc(Cl)cc2Cl)nc2c1CSC2. The first-order valence-corrected chi connectivity index (χ1v) is 8.13. The van der Waals surface area contributed by atoms with Crippen LogP contribution in [0.25, 0.3) is 11.5 Å². The highest BCUT2D eigenvalue weighted by atomic mass is 35.5. The van der Waals surface area contributed by atoms with Crippen LogP contribution in [0.2, 0.25) is 10.0 Å². The zero-order valence-electron chi connectivity index (χ0n) is 10.8. The smallest absolute Gasteiger partial charge is 0.182 e. The Bertz CT molecular complexity index is 663. The van der Waals surface area contributed by atoms with E-state index in [2.05, 4.69) is 20.3 Å².